The molecule has 0 bridgehead atoms. The summed E-state index contributed by atoms with van der Waals surface area (Å²) in [5.41, 5.74) is 4.04. The van der Waals surface area contributed by atoms with Crippen molar-refractivity contribution in [3.63, 3.8) is 0 Å². The summed E-state index contributed by atoms with van der Waals surface area (Å²) in [6.45, 7) is 6.51. The Morgan fingerprint density at radius 3 is 2.61 bits per heavy atom. The molecule has 2 heterocycles. The molecule has 1 amide bonds. The summed E-state index contributed by atoms with van der Waals surface area (Å²) in [5, 5.41) is 11.2. The van der Waals surface area contributed by atoms with E-state index < -0.39 is 5.91 Å². The Kier molecular flexibility index (Phi) is 6.99. The van der Waals surface area contributed by atoms with Gasteiger partial charge in [0.25, 0.3) is 5.91 Å². The van der Waals surface area contributed by atoms with E-state index in [2.05, 4.69) is 47.4 Å². The Balaban J connectivity index is 1.47. The second-order valence-electron chi connectivity index (χ2n) is 7.73. The molecule has 4 rings (SSSR count). The largest absolute Gasteiger partial charge is 0.488 e. The van der Waals surface area contributed by atoms with Crippen molar-refractivity contribution >= 4 is 43.6 Å². The van der Waals surface area contributed by atoms with Gasteiger partial charge in [-0.05, 0) is 66.0 Å². The van der Waals surface area contributed by atoms with Crippen molar-refractivity contribution in [2.75, 3.05) is 5.32 Å². The molecule has 0 fully saturated rings. The number of aromatic nitrogens is 3. The second-order valence-corrected chi connectivity index (χ2v) is 9.50. The van der Waals surface area contributed by atoms with Crippen LogP contribution in [0.2, 0.25) is 0 Å². The summed E-state index contributed by atoms with van der Waals surface area (Å²) in [7, 11) is 0. The number of halogens is 2. The Morgan fingerprint density at radius 2 is 1.88 bits per heavy atom. The lowest BCUT2D eigenvalue weighted by Crippen LogP contribution is -2.16. The van der Waals surface area contributed by atoms with E-state index in [9.17, 15) is 4.79 Å². The van der Waals surface area contributed by atoms with Gasteiger partial charge in [-0.25, -0.2) is 0 Å². The highest BCUT2D eigenvalue weighted by Crippen LogP contribution is 2.25. The highest BCUT2D eigenvalue weighted by atomic mass is 79.9. The van der Waals surface area contributed by atoms with Crippen LogP contribution in [0.5, 0.6) is 5.75 Å². The molecule has 170 valence electrons. The van der Waals surface area contributed by atoms with Gasteiger partial charge in [0.05, 0.1) is 16.6 Å². The fraction of sp³-hybridized carbons (Fsp3) is 0.208. The van der Waals surface area contributed by atoms with Gasteiger partial charge in [-0.3, -0.25) is 9.48 Å². The van der Waals surface area contributed by atoms with Crippen LogP contribution in [0.3, 0.4) is 0 Å². The van der Waals surface area contributed by atoms with Crippen LogP contribution in [-0.2, 0) is 13.2 Å². The Morgan fingerprint density at radius 1 is 1.12 bits per heavy atom. The van der Waals surface area contributed by atoms with Crippen LogP contribution in [0, 0.1) is 20.8 Å². The number of rotatable bonds is 7. The molecule has 4 aromatic rings. The van der Waals surface area contributed by atoms with Gasteiger partial charge in [0.15, 0.2) is 11.5 Å². The minimum absolute atomic E-state index is 0.168. The van der Waals surface area contributed by atoms with Crippen molar-refractivity contribution in [2.45, 2.75) is 33.9 Å². The Hall–Kier alpha value is -2.91. The molecule has 0 aliphatic carbocycles. The van der Waals surface area contributed by atoms with E-state index in [1.807, 2.05) is 62.5 Å². The number of nitrogens with one attached hydrogen (secondary N) is 1. The monoisotopic (exact) mass is 572 g/mol. The van der Waals surface area contributed by atoms with Crippen LogP contribution in [0.4, 0.5) is 5.82 Å². The zero-order valence-electron chi connectivity index (χ0n) is 18.4. The van der Waals surface area contributed by atoms with Crippen molar-refractivity contribution in [2.24, 2.45) is 0 Å². The van der Waals surface area contributed by atoms with Crippen LogP contribution in [0.15, 0.2) is 62.1 Å². The van der Waals surface area contributed by atoms with Gasteiger partial charge >= 0.3 is 0 Å². The lowest BCUT2D eigenvalue weighted by Gasteiger charge is -2.10. The molecular weight excluding hydrogens is 552 g/mol. The smallest absolute Gasteiger partial charge is 0.279 e. The van der Waals surface area contributed by atoms with Crippen LogP contribution in [-0.4, -0.2) is 20.8 Å². The zero-order chi connectivity index (χ0) is 23.5. The van der Waals surface area contributed by atoms with Crippen molar-refractivity contribution in [3.05, 3.63) is 91.3 Å². The third-order valence-electron chi connectivity index (χ3n) is 5.11. The van der Waals surface area contributed by atoms with E-state index in [-0.39, 0.29) is 12.3 Å². The lowest BCUT2D eigenvalue weighted by atomic mass is 10.1. The van der Waals surface area contributed by atoms with Gasteiger partial charge in [-0.1, -0.05) is 50.9 Å². The zero-order valence-corrected chi connectivity index (χ0v) is 21.5. The SMILES string of the molecule is Cc1ccc(OCc2c(C(=O)Nc3nn(Cc4ccc(Br)cc4)cc3Br)noc2C)c(C)c1. The first-order valence-electron chi connectivity index (χ1n) is 10.2. The maximum atomic E-state index is 13.0. The van der Waals surface area contributed by atoms with Crippen LogP contribution in [0.25, 0.3) is 0 Å². The summed E-state index contributed by atoms with van der Waals surface area (Å²) < 4.78 is 14.7. The van der Waals surface area contributed by atoms with Gasteiger partial charge in [-0.2, -0.15) is 5.10 Å². The maximum Gasteiger partial charge on any atom is 0.279 e. The molecule has 0 spiro atoms. The van der Waals surface area contributed by atoms with Crippen LogP contribution < -0.4 is 10.1 Å². The number of ether oxygens (including phenoxy) is 1. The average Bonchev–Trinajstić information content (AvgIpc) is 3.31. The number of aryl methyl sites for hydroxylation is 3. The third kappa shape index (κ3) is 5.54. The first-order chi connectivity index (χ1) is 15.8. The van der Waals surface area contributed by atoms with E-state index in [4.69, 9.17) is 9.26 Å². The van der Waals surface area contributed by atoms with E-state index >= 15 is 0 Å². The maximum absolute atomic E-state index is 13.0. The van der Waals surface area contributed by atoms with Crippen molar-refractivity contribution in [1.29, 1.82) is 0 Å². The molecule has 2 aromatic heterocycles. The topological polar surface area (TPSA) is 82.2 Å². The minimum atomic E-state index is -0.416. The fourth-order valence-electron chi connectivity index (χ4n) is 3.36. The van der Waals surface area contributed by atoms with Crippen molar-refractivity contribution < 1.29 is 14.1 Å². The average molecular weight is 574 g/mol. The molecule has 0 aliphatic heterocycles. The first-order valence-corrected chi connectivity index (χ1v) is 11.8. The number of nitrogens with zero attached hydrogens (tertiary/aromatic N) is 3. The van der Waals surface area contributed by atoms with E-state index in [1.165, 1.54) is 0 Å². The Labute approximate surface area is 208 Å². The highest BCUT2D eigenvalue weighted by molar-refractivity contribution is 9.10. The van der Waals surface area contributed by atoms with Gasteiger partial charge in [-0.15, -0.1) is 0 Å². The molecular formula is C24H22Br2N4O3. The lowest BCUT2D eigenvalue weighted by molar-refractivity contribution is 0.101. The van der Waals surface area contributed by atoms with Gasteiger partial charge in [0.2, 0.25) is 0 Å². The normalized spacial score (nSPS) is 10.9. The molecule has 0 saturated carbocycles. The molecule has 9 heteroatoms. The number of anilines is 1. The molecule has 0 atom stereocenters. The number of carbonyl (C=O) groups is 1. The van der Waals surface area contributed by atoms with Crippen LogP contribution in [0.1, 0.15) is 38.5 Å². The standard InChI is InChI=1S/C24H22Br2N4O3/c1-14-4-9-21(15(2)10-14)32-13-19-16(3)33-29-22(19)24(31)27-23-20(26)12-30(28-23)11-17-5-7-18(25)8-6-17/h4-10,12H,11,13H2,1-3H3,(H,27,28,31). The predicted molar refractivity (Wildman–Crippen MR) is 133 cm³/mol. The number of hydrogen-bond acceptors (Lipinski definition) is 5. The van der Waals surface area contributed by atoms with Crippen LogP contribution >= 0.6 is 31.9 Å². The molecule has 2 aromatic carbocycles. The highest BCUT2D eigenvalue weighted by Gasteiger charge is 2.22. The van der Waals surface area contributed by atoms with E-state index in [1.54, 1.807) is 11.6 Å². The predicted octanol–water partition coefficient (Wildman–Crippen LogP) is 6.20. The van der Waals surface area contributed by atoms with Crippen molar-refractivity contribution in [1.82, 2.24) is 14.9 Å². The summed E-state index contributed by atoms with van der Waals surface area (Å²) in [6, 6.07) is 13.9. The summed E-state index contributed by atoms with van der Waals surface area (Å²) >= 11 is 6.90. The quantitative estimate of drug-likeness (QED) is 0.284. The third-order valence-corrected chi connectivity index (χ3v) is 6.22. The summed E-state index contributed by atoms with van der Waals surface area (Å²) in [4.78, 5) is 13.0. The van der Waals surface area contributed by atoms with Gasteiger partial charge in [0.1, 0.15) is 18.1 Å². The molecule has 0 saturated heterocycles. The van der Waals surface area contributed by atoms with Gasteiger partial charge < -0.3 is 14.6 Å². The molecule has 1 N–H and O–H groups in total. The first kappa shape index (κ1) is 23.3. The van der Waals surface area contributed by atoms with E-state index in [0.29, 0.717) is 28.2 Å². The summed E-state index contributed by atoms with van der Waals surface area (Å²) in [6.07, 6.45) is 1.82. The molecule has 0 unspecified atom stereocenters. The number of carbonyl (C=O) groups excluding carboxylic acids is 1. The number of amides is 1. The van der Waals surface area contributed by atoms with Crippen molar-refractivity contribution in [3.8, 4) is 5.75 Å². The fourth-order valence-corrected chi connectivity index (χ4v) is 4.04. The minimum Gasteiger partial charge on any atom is -0.488 e. The molecule has 0 aliphatic rings. The Bertz CT molecular complexity index is 1300. The van der Waals surface area contributed by atoms with E-state index in [0.717, 1.165) is 26.9 Å². The number of hydrogen-bond donors (Lipinski definition) is 1. The number of benzene rings is 2. The summed E-state index contributed by atoms with van der Waals surface area (Å²) in [5.74, 6) is 1.27. The van der Waals surface area contributed by atoms with Gasteiger partial charge in [0, 0.05) is 10.7 Å². The molecule has 7 nitrogen and oxygen atoms in total. The molecule has 0 radical (unpaired) electrons. The molecule has 33 heavy (non-hydrogen) atoms. The second kappa shape index (κ2) is 9.93.